The van der Waals surface area contributed by atoms with Crippen LogP contribution >= 0.6 is 0 Å². The number of hydrogen-bond donors (Lipinski definition) is 0. The van der Waals surface area contributed by atoms with Crippen LogP contribution in [0.3, 0.4) is 0 Å². The van der Waals surface area contributed by atoms with Crippen LogP contribution < -0.4 is 0 Å². The van der Waals surface area contributed by atoms with Crippen LogP contribution in [-0.2, 0) is 0 Å². The molecule has 5 rings (SSSR count). The second-order valence-electron chi connectivity index (χ2n) is 9.20. The molecule has 0 amide bonds. The van der Waals surface area contributed by atoms with Gasteiger partial charge in [0.25, 0.3) is 0 Å². The van der Waals surface area contributed by atoms with Gasteiger partial charge in [-0.2, -0.15) is 0 Å². The minimum atomic E-state index is 1.11. The summed E-state index contributed by atoms with van der Waals surface area (Å²) in [6.07, 6.45) is 23.7. The molecule has 0 aromatic rings. The van der Waals surface area contributed by atoms with Crippen LogP contribution in [0.25, 0.3) is 0 Å². The van der Waals surface area contributed by atoms with Crippen LogP contribution in [0.15, 0.2) is 0 Å². The minimum absolute atomic E-state index is 1.11. The molecule has 3 unspecified atom stereocenters. The van der Waals surface area contributed by atoms with Gasteiger partial charge in [0.1, 0.15) is 0 Å². The van der Waals surface area contributed by atoms with Crippen molar-refractivity contribution in [2.24, 2.45) is 35.5 Å². The zero-order valence-electron chi connectivity index (χ0n) is 14.1. The fraction of sp³-hybridized carbons (Fsp3) is 1.00. The van der Waals surface area contributed by atoms with Crippen molar-refractivity contribution >= 4 is 0 Å². The molecule has 5 aliphatic carbocycles. The molecule has 0 nitrogen and oxygen atoms in total. The van der Waals surface area contributed by atoms with E-state index in [0.29, 0.717) is 0 Å². The van der Waals surface area contributed by atoms with E-state index in [2.05, 4.69) is 0 Å². The average Bonchev–Trinajstić information content (AvgIpc) is 2.45. The Morgan fingerprint density at radius 1 is 0.333 bits per heavy atom. The van der Waals surface area contributed by atoms with Gasteiger partial charge in [0, 0.05) is 0 Å². The first kappa shape index (κ1) is 14.6. The first-order chi connectivity index (χ1) is 10.4. The maximum Gasteiger partial charge on any atom is -0.0380 e. The van der Waals surface area contributed by atoms with E-state index in [1.807, 2.05) is 0 Å². The molecule has 2 bridgehead atoms. The van der Waals surface area contributed by atoms with Crippen LogP contribution in [0.4, 0.5) is 0 Å². The second kappa shape index (κ2) is 6.63. The van der Waals surface area contributed by atoms with Gasteiger partial charge in [-0.25, -0.2) is 0 Å². The summed E-state index contributed by atoms with van der Waals surface area (Å²) in [4.78, 5) is 0. The lowest BCUT2D eigenvalue weighted by atomic mass is 9.61. The maximum absolute atomic E-state index is 1.63. The smallest absolute Gasteiger partial charge is 0.0380 e. The molecule has 0 radical (unpaired) electrons. The lowest BCUT2D eigenvalue weighted by Gasteiger charge is -2.45. The highest BCUT2D eigenvalue weighted by molar-refractivity contribution is 4.89. The Morgan fingerprint density at radius 3 is 1.52 bits per heavy atom. The van der Waals surface area contributed by atoms with E-state index in [-0.39, 0.29) is 0 Å². The van der Waals surface area contributed by atoms with Crippen molar-refractivity contribution in [3.63, 3.8) is 0 Å². The third-order valence-corrected chi connectivity index (χ3v) is 7.97. The molecular formula is C21H36. The molecule has 0 N–H and O–H groups in total. The van der Waals surface area contributed by atoms with Crippen LogP contribution in [-0.4, -0.2) is 0 Å². The second-order valence-corrected chi connectivity index (χ2v) is 9.20. The lowest BCUT2D eigenvalue weighted by Crippen LogP contribution is -2.33. The van der Waals surface area contributed by atoms with Gasteiger partial charge in [-0.1, -0.05) is 64.2 Å². The monoisotopic (exact) mass is 288 g/mol. The van der Waals surface area contributed by atoms with Gasteiger partial charge >= 0.3 is 0 Å². The summed E-state index contributed by atoms with van der Waals surface area (Å²) in [5.74, 6) is 6.76. The van der Waals surface area contributed by atoms with E-state index in [0.717, 1.165) is 35.5 Å². The third kappa shape index (κ3) is 3.35. The van der Waals surface area contributed by atoms with Crippen molar-refractivity contribution in [1.82, 2.24) is 0 Å². The number of rotatable bonds is 1. The fourth-order valence-electron chi connectivity index (χ4n) is 6.83. The standard InChI is InChI=1S/C21H36/c1-2-10-19-15-20(12-11-18(19)9-1)21-13-16-5-3-6-17(14-21)8-4-7-16/h16-21H,1-15H2. The summed E-state index contributed by atoms with van der Waals surface area (Å²) >= 11 is 0. The van der Waals surface area contributed by atoms with Gasteiger partial charge < -0.3 is 0 Å². The van der Waals surface area contributed by atoms with Crippen LogP contribution in [0.5, 0.6) is 0 Å². The van der Waals surface area contributed by atoms with Crippen LogP contribution in [0, 0.1) is 35.5 Å². The van der Waals surface area contributed by atoms with E-state index in [4.69, 9.17) is 0 Å². The molecule has 0 heteroatoms. The molecule has 120 valence electrons. The Labute approximate surface area is 132 Å². The van der Waals surface area contributed by atoms with E-state index in [1.165, 1.54) is 0 Å². The molecule has 5 fully saturated rings. The van der Waals surface area contributed by atoms with Gasteiger partial charge in [-0.3, -0.25) is 0 Å². The molecule has 3 atom stereocenters. The summed E-state index contributed by atoms with van der Waals surface area (Å²) in [6, 6.07) is 0. The van der Waals surface area contributed by atoms with Crippen molar-refractivity contribution < 1.29 is 0 Å². The average molecular weight is 289 g/mol. The molecule has 0 aromatic heterocycles. The van der Waals surface area contributed by atoms with E-state index >= 15 is 0 Å². The predicted molar refractivity (Wildman–Crippen MR) is 90.2 cm³/mol. The SMILES string of the molecule is C1CC2CCCC(C1)CC(C1CCC3CCCCC3C1)C2. The Balaban J connectivity index is 1.42. The zero-order valence-corrected chi connectivity index (χ0v) is 14.1. The van der Waals surface area contributed by atoms with E-state index < -0.39 is 0 Å². The molecule has 0 aromatic carbocycles. The Morgan fingerprint density at radius 2 is 0.857 bits per heavy atom. The quantitative estimate of drug-likeness (QED) is 0.510. The Hall–Kier alpha value is 0. The molecule has 0 saturated heterocycles. The minimum Gasteiger partial charge on any atom is -0.0530 e. The Kier molecular flexibility index (Phi) is 4.60. The van der Waals surface area contributed by atoms with Gasteiger partial charge in [0.2, 0.25) is 0 Å². The Bertz CT molecular complexity index is 309. The molecule has 0 aliphatic heterocycles. The summed E-state index contributed by atoms with van der Waals surface area (Å²) in [5, 5.41) is 0. The highest BCUT2D eigenvalue weighted by atomic mass is 14.4. The zero-order chi connectivity index (χ0) is 14.1. The molecule has 0 spiro atoms. The summed E-state index contributed by atoms with van der Waals surface area (Å²) < 4.78 is 0. The third-order valence-electron chi connectivity index (χ3n) is 7.97. The van der Waals surface area contributed by atoms with Crippen molar-refractivity contribution in [2.45, 2.75) is 96.3 Å². The van der Waals surface area contributed by atoms with Gasteiger partial charge in [-0.15, -0.1) is 0 Å². The molecule has 5 aliphatic rings. The van der Waals surface area contributed by atoms with Gasteiger partial charge in [0.15, 0.2) is 0 Å². The maximum atomic E-state index is 1.63. The normalized spacial score (nSPS) is 48.0. The summed E-state index contributed by atoms with van der Waals surface area (Å²) in [7, 11) is 0. The largest absolute Gasteiger partial charge is 0.0530 e. The van der Waals surface area contributed by atoms with Crippen molar-refractivity contribution in [1.29, 1.82) is 0 Å². The van der Waals surface area contributed by atoms with Gasteiger partial charge in [0.05, 0.1) is 0 Å². The first-order valence-electron chi connectivity index (χ1n) is 10.4. The van der Waals surface area contributed by atoms with Crippen LogP contribution in [0.1, 0.15) is 96.3 Å². The fourth-order valence-corrected chi connectivity index (χ4v) is 6.83. The van der Waals surface area contributed by atoms with Crippen molar-refractivity contribution in [3.05, 3.63) is 0 Å². The molecular weight excluding hydrogens is 252 g/mol. The van der Waals surface area contributed by atoms with E-state index in [9.17, 15) is 0 Å². The number of hydrogen-bond acceptors (Lipinski definition) is 0. The summed E-state index contributed by atoms with van der Waals surface area (Å²) in [6.45, 7) is 0. The van der Waals surface area contributed by atoms with E-state index in [1.54, 1.807) is 96.3 Å². The molecule has 5 saturated carbocycles. The summed E-state index contributed by atoms with van der Waals surface area (Å²) in [5.41, 5.74) is 0. The lowest BCUT2D eigenvalue weighted by molar-refractivity contribution is 0.0649. The number of fused-ring (bicyclic) bond motifs is 7. The predicted octanol–water partition coefficient (Wildman–Crippen LogP) is 6.59. The van der Waals surface area contributed by atoms with Crippen molar-refractivity contribution in [3.8, 4) is 0 Å². The van der Waals surface area contributed by atoms with Crippen LogP contribution in [0.2, 0.25) is 0 Å². The highest BCUT2D eigenvalue weighted by Gasteiger charge is 2.37. The van der Waals surface area contributed by atoms with Crippen molar-refractivity contribution in [2.75, 3.05) is 0 Å². The highest BCUT2D eigenvalue weighted by Crippen LogP contribution is 2.49. The molecule has 0 heterocycles. The first-order valence-corrected chi connectivity index (χ1v) is 10.4. The van der Waals surface area contributed by atoms with Gasteiger partial charge in [-0.05, 0) is 67.6 Å². The molecule has 21 heavy (non-hydrogen) atoms. The topological polar surface area (TPSA) is 0 Å².